The first-order valence-electron chi connectivity index (χ1n) is 16.2. The van der Waals surface area contributed by atoms with Gasteiger partial charge in [-0.25, -0.2) is 0 Å². The van der Waals surface area contributed by atoms with Gasteiger partial charge in [0.15, 0.2) is 0 Å². The summed E-state index contributed by atoms with van der Waals surface area (Å²) in [5.41, 5.74) is 0. The van der Waals surface area contributed by atoms with Crippen molar-refractivity contribution in [2.75, 3.05) is 6.61 Å². The Labute approximate surface area is 230 Å². The molecule has 0 aliphatic heterocycles. The summed E-state index contributed by atoms with van der Waals surface area (Å²) < 4.78 is 0. The second-order valence-electron chi connectivity index (χ2n) is 12.0. The molecule has 216 valence electrons. The Morgan fingerprint density at radius 1 is 0.500 bits per heavy atom. The van der Waals surface area contributed by atoms with Gasteiger partial charge in [0.2, 0.25) is 0 Å². The molecule has 0 rings (SSSR count). The van der Waals surface area contributed by atoms with Gasteiger partial charge in [-0.2, -0.15) is 0 Å². The lowest BCUT2D eigenvalue weighted by Crippen LogP contribution is -2.18. The lowest BCUT2D eigenvalue weighted by molar-refractivity contribution is 0.177. The van der Waals surface area contributed by atoms with Crippen molar-refractivity contribution < 1.29 is 5.11 Å². The summed E-state index contributed by atoms with van der Waals surface area (Å²) in [6.45, 7) is 20.9. The molecular weight excluding hydrogens is 436 g/mol. The summed E-state index contributed by atoms with van der Waals surface area (Å²) in [7, 11) is 0. The second-order valence-corrected chi connectivity index (χ2v) is 12.0. The van der Waals surface area contributed by atoms with Crippen LogP contribution < -0.4 is 0 Å². The molecular formula is C35H70O. The molecule has 0 aliphatic carbocycles. The maximum Gasteiger partial charge on any atom is 0.0459 e. The van der Waals surface area contributed by atoms with Crippen LogP contribution in [0.25, 0.3) is 0 Å². The van der Waals surface area contributed by atoms with Crippen molar-refractivity contribution in [1.29, 1.82) is 0 Å². The first-order chi connectivity index (χ1) is 17.3. The highest BCUT2D eigenvalue weighted by atomic mass is 16.3. The molecule has 0 bridgehead atoms. The van der Waals surface area contributed by atoms with Crippen LogP contribution in [-0.4, -0.2) is 11.7 Å². The van der Waals surface area contributed by atoms with E-state index in [1.165, 1.54) is 96.3 Å². The van der Waals surface area contributed by atoms with Crippen molar-refractivity contribution in [3.63, 3.8) is 0 Å². The third kappa shape index (κ3) is 22.6. The fourth-order valence-electron chi connectivity index (χ4n) is 4.63. The van der Waals surface area contributed by atoms with Gasteiger partial charge >= 0.3 is 0 Å². The molecule has 0 aromatic heterocycles. The monoisotopic (exact) mass is 507 g/mol. The van der Waals surface area contributed by atoms with Crippen LogP contribution >= 0.6 is 0 Å². The van der Waals surface area contributed by atoms with Crippen molar-refractivity contribution in [2.24, 2.45) is 35.5 Å². The van der Waals surface area contributed by atoms with Gasteiger partial charge in [-0.05, 0) is 61.2 Å². The Morgan fingerprint density at radius 3 is 1.22 bits per heavy atom. The molecule has 36 heavy (non-hydrogen) atoms. The molecule has 6 atom stereocenters. The molecule has 0 amide bonds. The van der Waals surface area contributed by atoms with Crippen LogP contribution in [0.15, 0.2) is 24.3 Å². The summed E-state index contributed by atoms with van der Waals surface area (Å²) >= 11 is 0. The maximum atomic E-state index is 9.14. The van der Waals surface area contributed by atoms with E-state index >= 15 is 0 Å². The molecule has 0 fully saturated rings. The quantitative estimate of drug-likeness (QED) is 0.114. The van der Waals surface area contributed by atoms with Gasteiger partial charge in [0, 0.05) is 6.61 Å². The van der Waals surface area contributed by atoms with E-state index < -0.39 is 0 Å². The zero-order valence-electron chi connectivity index (χ0n) is 26.5. The topological polar surface area (TPSA) is 20.2 Å². The number of unbranched alkanes of at least 4 members (excludes halogenated alkanes) is 12. The summed E-state index contributed by atoms with van der Waals surface area (Å²) in [5.74, 6) is 3.94. The Kier molecular flexibility index (Phi) is 28.7. The van der Waals surface area contributed by atoms with Gasteiger partial charge in [-0.3, -0.25) is 0 Å². The first kappa shape index (κ1) is 37.6. The fraction of sp³-hybridized carbons (Fsp3) is 0.886. The molecule has 1 N–H and O–H groups in total. The molecule has 1 nitrogen and oxygen atoms in total. The zero-order valence-corrected chi connectivity index (χ0v) is 26.5. The normalized spacial score (nSPS) is 16.9. The highest BCUT2D eigenvalue weighted by Gasteiger charge is 2.16. The lowest BCUT2D eigenvalue weighted by atomic mass is 9.83. The molecule has 0 heterocycles. The van der Waals surface area contributed by atoms with E-state index in [-0.39, 0.29) is 0 Å². The van der Waals surface area contributed by atoms with Crippen LogP contribution in [0.3, 0.4) is 0 Å². The number of hydrogen-bond donors (Lipinski definition) is 1. The van der Waals surface area contributed by atoms with Gasteiger partial charge in [0.25, 0.3) is 0 Å². The van der Waals surface area contributed by atoms with Crippen molar-refractivity contribution >= 4 is 0 Å². The fourth-order valence-corrected chi connectivity index (χ4v) is 4.63. The van der Waals surface area contributed by atoms with Gasteiger partial charge < -0.3 is 5.11 Å². The van der Waals surface area contributed by atoms with E-state index in [9.17, 15) is 0 Å². The van der Waals surface area contributed by atoms with Crippen LogP contribution in [0.2, 0.25) is 0 Å². The van der Waals surface area contributed by atoms with E-state index in [1.807, 2.05) is 0 Å². The molecule has 1 heteroatoms. The van der Waals surface area contributed by atoms with E-state index in [0.29, 0.717) is 24.4 Å². The highest BCUT2D eigenvalue weighted by Crippen LogP contribution is 2.24. The standard InChI is InChI=1S/C18H36.C17H34O/c1-6-8-9-10-11-12-13-14-15-17(4)18(5)16(3)7-2;1-5-6-7-8-9-10-11-12-13-15(2)17(4)16(3)14-18/h14-18H,6-13H2,1-5H3;12-13,15-18H,5-11,14H2,1-4H3/b15-14-;13-12-. The van der Waals surface area contributed by atoms with Gasteiger partial charge in [-0.15, -0.1) is 0 Å². The van der Waals surface area contributed by atoms with Gasteiger partial charge in [0.05, 0.1) is 0 Å². The second kappa shape index (κ2) is 27.5. The first-order valence-corrected chi connectivity index (χ1v) is 16.2. The number of hydrogen-bond acceptors (Lipinski definition) is 1. The van der Waals surface area contributed by atoms with E-state index in [0.717, 1.165) is 17.8 Å². The molecule has 0 aromatic carbocycles. The SMILES string of the molecule is CCCCCCCC/C=C\C(C)C(C)C(C)CC.CCCCCCCC/C=C\C(C)C(C)C(C)CO. The highest BCUT2D eigenvalue weighted by molar-refractivity contribution is 4.90. The number of aliphatic hydroxyl groups excluding tert-OH is 1. The van der Waals surface area contributed by atoms with Crippen molar-refractivity contribution in [3.8, 4) is 0 Å². The Balaban J connectivity index is 0. The Hall–Kier alpha value is -0.560. The molecule has 0 radical (unpaired) electrons. The van der Waals surface area contributed by atoms with Crippen LogP contribution in [-0.2, 0) is 0 Å². The van der Waals surface area contributed by atoms with Gasteiger partial charge in [-0.1, -0.05) is 157 Å². The minimum absolute atomic E-state index is 0.302. The number of aliphatic hydroxyl groups is 1. The summed E-state index contributed by atoms with van der Waals surface area (Å²) in [5, 5.41) is 9.14. The predicted molar refractivity (Wildman–Crippen MR) is 167 cm³/mol. The lowest BCUT2D eigenvalue weighted by Gasteiger charge is -2.22. The van der Waals surface area contributed by atoms with E-state index in [4.69, 9.17) is 5.11 Å². The summed E-state index contributed by atoms with van der Waals surface area (Å²) in [6.07, 6.45) is 30.0. The average molecular weight is 507 g/mol. The van der Waals surface area contributed by atoms with E-state index in [1.54, 1.807) is 0 Å². The van der Waals surface area contributed by atoms with Gasteiger partial charge in [0.1, 0.15) is 0 Å². The minimum Gasteiger partial charge on any atom is -0.396 e. The van der Waals surface area contributed by atoms with Crippen LogP contribution in [0.4, 0.5) is 0 Å². The zero-order chi connectivity index (χ0) is 27.6. The van der Waals surface area contributed by atoms with Crippen LogP contribution in [0, 0.1) is 35.5 Å². The average Bonchev–Trinajstić information content (AvgIpc) is 2.89. The molecule has 0 spiro atoms. The van der Waals surface area contributed by atoms with Crippen LogP contribution in [0.5, 0.6) is 0 Å². The van der Waals surface area contributed by atoms with Crippen LogP contribution in [0.1, 0.15) is 159 Å². The third-order valence-electron chi connectivity index (χ3n) is 8.71. The largest absolute Gasteiger partial charge is 0.396 e. The summed E-state index contributed by atoms with van der Waals surface area (Å²) in [6, 6.07) is 0. The predicted octanol–water partition coefficient (Wildman–Crippen LogP) is 11.8. The molecule has 0 saturated carbocycles. The molecule has 0 aliphatic rings. The number of allylic oxidation sites excluding steroid dienone is 4. The Morgan fingerprint density at radius 2 is 0.861 bits per heavy atom. The van der Waals surface area contributed by atoms with Crippen molar-refractivity contribution in [1.82, 2.24) is 0 Å². The summed E-state index contributed by atoms with van der Waals surface area (Å²) in [4.78, 5) is 0. The minimum atomic E-state index is 0.302. The Bertz CT molecular complexity index is 435. The maximum absolute atomic E-state index is 9.14. The third-order valence-corrected chi connectivity index (χ3v) is 8.71. The van der Waals surface area contributed by atoms with E-state index in [2.05, 4.69) is 86.6 Å². The molecule has 0 saturated heterocycles. The van der Waals surface area contributed by atoms with Crippen molar-refractivity contribution in [3.05, 3.63) is 24.3 Å². The number of rotatable bonds is 22. The molecule has 6 unspecified atom stereocenters. The molecule has 0 aromatic rings. The smallest absolute Gasteiger partial charge is 0.0459 e. The van der Waals surface area contributed by atoms with Crippen molar-refractivity contribution in [2.45, 2.75) is 159 Å².